The molecule has 0 aliphatic carbocycles. The molecular formula is C14H18N4O3. The Morgan fingerprint density at radius 3 is 2.62 bits per heavy atom. The van der Waals surface area contributed by atoms with Crippen LogP contribution < -0.4 is 10.6 Å². The van der Waals surface area contributed by atoms with E-state index in [0.29, 0.717) is 6.67 Å². The minimum absolute atomic E-state index is 0.0373. The number of piperazine rings is 1. The Balaban J connectivity index is 1.79. The van der Waals surface area contributed by atoms with E-state index in [0.717, 1.165) is 31.7 Å². The third kappa shape index (κ3) is 4.97. The molecular weight excluding hydrogens is 272 g/mol. The first-order valence-corrected chi connectivity index (χ1v) is 6.78. The van der Waals surface area contributed by atoms with Gasteiger partial charge in [0.05, 0.1) is 11.6 Å². The molecule has 0 atom stereocenters. The van der Waals surface area contributed by atoms with E-state index in [2.05, 4.69) is 15.5 Å². The van der Waals surface area contributed by atoms with Crippen molar-refractivity contribution < 1.29 is 9.72 Å². The molecule has 112 valence electrons. The quantitative estimate of drug-likeness (QED) is 0.471. The van der Waals surface area contributed by atoms with Gasteiger partial charge in [-0.1, -0.05) is 0 Å². The fraction of sp³-hybridized carbons (Fsp3) is 0.357. The van der Waals surface area contributed by atoms with Gasteiger partial charge in [-0.2, -0.15) is 0 Å². The maximum Gasteiger partial charge on any atom is 0.269 e. The van der Waals surface area contributed by atoms with Gasteiger partial charge in [0.15, 0.2) is 0 Å². The summed E-state index contributed by atoms with van der Waals surface area (Å²) in [6, 6.07) is 6.05. The van der Waals surface area contributed by atoms with Crippen LogP contribution in [0.25, 0.3) is 6.08 Å². The summed E-state index contributed by atoms with van der Waals surface area (Å²) in [5.41, 5.74) is 0.785. The lowest BCUT2D eigenvalue weighted by molar-refractivity contribution is -0.384. The van der Waals surface area contributed by atoms with Gasteiger partial charge in [0.2, 0.25) is 5.91 Å². The Hall–Kier alpha value is -2.25. The van der Waals surface area contributed by atoms with Crippen LogP contribution in [0.2, 0.25) is 0 Å². The molecule has 1 fully saturated rings. The van der Waals surface area contributed by atoms with Gasteiger partial charge in [-0.3, -0.25) is 19.8 Å². The number of nitro benzene ring substituents is 1. The third-order valence-electron chi connectivity index (χ3n) is 3.22. The molecule has 0 aromatic heterocycles. The topological polar surface area (TPSA) is 87.5 Å². The predicted molar refractivity (Wildman–Crippen MR) is 79.6 cm³/mol. The minimum atomic E-state index is -0.451. The molecule has 0 bridgehead atoms. The van der Waals surface area contributed by atoms with E-state index in [1.807, 2.05) is 0 Å². The highest BCUT2D eigenvalue weighted by Crippen LogP contribution is 2.12. The molecule has 1 aromatic carbocycles. The number of nitro groups is 1. The second-order valence-electron chi connectivity index (χ2n) is 4.75. The van der Waals surface area contributed by atoms with Gasteiger partial charge in [-0.05, 0) is 23.8 Å². The average molecular weight is 290 g/mol. The largest absolute Gasteiger partial charge is 0.340 e. The molecule has 2 N–H and O–H groups in total. The van der Waals surface area contributed by atoms with Gasteiger partial charge in [-0.15, -0.1) is 0 Å². The first-order chi connectivity index (χ1) is 10.1. The molecule has 1 aromatic rings. The van der Waals surface area contributed by atoms with E-state index < -0.39 is 4.92 Å². The zero-order valence-corrected chi connectivity index (χ0v) is 11.6. The monoisotopic (exact) mass is 290 g/mol. The number of non-ortho nitro benzene ring substituents is 1. The highest BCUT2D eigenvalue weighted by Gasteiger charge is 2.09. The normalized spacial score (nSPS) is 16.0. The second kappa shape index (κ2) is 7.51. The van der Waals surface area contributed by atoms with Crippen LogP contribution >= 0.6 is 0 Å². The van der Waals surface area contributed by atoms with Crippen LogP contribution in [0.4, 0.5) is 5.69 Å². The zero-order valence-electron chi connectivity index (χ0n) is 11.6. The first kappa shape index (κ1) is 15.1. The SMILES string of the molecule is O=C(/C=C/c1ccc([N+](=O)[O-])cc1)NCN1CCNCC1. The van der Waals surface area contributed by atoms with Crippen LogP contribution in [0.5, 0.6) is 0 Å². The Labute approximate surface area is 122 Å². The fourth-order valence-corrected chi connectivity index (χ4v) is 2.00. The summed E-state index contributed by atoms with van der Waals surface area (Å²) in [6.45, 7) is 4.26. The number of carbonyl (C=O) groups is 1. The molecule has 1 aliphatic rings. The Bertz CT molecular complexity index is 522. The second-order valence-corrected chi connectivity index (χ2v) is 4.75. The summed E-state index contributed by atoms with van der Waals surface area (Å²) in [6.07, 6.45) is 3.07. The number of carbonyl (C=O) groups excluding carboxylic acids is 1. The smallest absolute Gasteiger partial charge is 0.269 e. The van der Waals surface area contributed by atoms with Gasteiger partial charge in [0.1, 0.15) is 0 Å². The molecule has 0 saturated carbocycles. The van der Waals surface area contributed by atoms with Gasteiger partial charge in [0.25, 0.3) is 5.69 Å². The summed E-state index contributed by atoms with van der Waals surface area (Å²) >= 11 is 0. The van der Waals surface area contributed by atoms with Crippen LogP contribution in [0.3, 0.4) is 0 Å². The van der Waals surface area contributed by atoms with Crippen molar-refractivity contribution in [2.75, 3.05) is 32.8 Å². The third-order valence-corrected chi connectivity index (χ3v) is 3.22. The first-order valence-electron chi connectivity index (χ1n) is 6.78. The number of hydrogen-bond acceptors (Lipinski definition) is 5. The van der Waals surface area contributed by atoms with E-state index in [1.165, 1.54) is 18.2 Å². The molecule has 1 aliphatic heterocycles. The van der Waals surface area contributed by atoms with Crippen LogP contribution in [0.15, 0.2) is 30.3 Å². The Morgan fingerprint density at radius 2 is 2.00 bits per heavy atom. The van der Waals surface area contributed by atoms with Crippen molar-refractivity contribution in [3.05, 3.63) is 46.0 Å². The van der Waals surface area contributed by atoms with E-state index in [1.54, 1.807) is 18.2 Å². The van der Waals surface area contributed by atoms with E-state index in [4.69, 9.17) is 0 Å². The van der Waals surface area contributed by atoms with E-state index in [-0.39, 0.29) is 11.6 Å². The highest BCUT2D eigenvalue weighted by atomic mass is 16.6. The zero-order chi connectivity index (χ0) is 15.1. The lowest BCUT2D eigenvalue weighted by Gasteiger charge is -2.26. The number of rotatable bonds is 5. The van der Waals surface area contributed by atoms with Crippen molar-refractivity contribution in [1.82, 2.24) is 15.5 Å². The highest BCUT2D eigenvalue weighted by molar-refractivity contribution is 5.91. The average Bonchev–Trinajstić information content (AvgIpc) is 2.52. The van der Waals surface area contributed by atoms with E-state index >= 15 is 0 Å². The van der Waals surface area contributed by atoms with Crippen molar-refractivity contribution in [1.29, 1.82) is 0 Å². The Kier molecular flexibility index (Phi) is 5.42. The summed E-state index contributed by atoms with van der Waals surface area (Å²) in [7, 11) is 0. The summed E-state index contributed by atoms with van der Waals surface area (Å²) in [5.74, 6) is -0.174. The molecule has 0 radical (unpaired) electrons. The lowest BCUT2D eigenvalue weighted by Crippen LogP contribution is -2.47. The maximum atomic E-state index is 11.7. The van der Waals surface area contributed by atoms with Crippen molar-refractivity contribution in [2.24, 2.45) is 0 Å². The van der Waals surface area contributed by atoms with E-state index in [9.17, 15) is 14.9 Å². The number of benzene rings is 1. The van der Waals surface area contributed by atoms with Crippen LogP contribution in [-0.4, -0.2) is 48.6 Å². The van der Waals surface area contributed by atoms with Crippen molar-refractivity contribution in [2.45, 2.75) is 0 Å². The molecule has 0 unspecified atom stereocenters. The fourth-order valence-electron chi connectivity index (χ4n) is 2.00. The lowest BCUT2D eigenvalue weighted by atomic mass is 10.2. The van der Waals surface area contributed by atoms with Gasteiger partial charge >= 0.3 is 0 Å². The number of nitrogens with zero attached hydrogens (tertiary/aromatic N) is 2. The number of nitrogens with one attached hydrogen (secondary N) is 2. The number of amides is 1. The molecule has 21 heavy (non-hydrogen) atoms. The molecule has 1 heterocycles. The van der Waals surface area contributed by atoms with Crippen molar-refractivity contribution in [3.63, 3.8) is 0 Å². The van der Waals surface area contributed by atoms with Crippen molar-refractivity contribution in [3.8, 4) is 0 Å². The van der Waals surface area contributed by atoms with Gasteiger partial charge in [-0.25, -0.2) is 0 Å². The maximum absolute atomic E-state index is 11.7. The molecule has 7 nitrogen and oxygen atoms in total. The molecule has 7 heteroatoms. The summed E-state index contributed by atoms with van der Waals surface area (Å²) in [4.78, 5) is 23.9. The number of hydrogen-bond donors (Lipinski definition) is 2. The standard InChI is InChI=1S/C14H18N4O3/c19-14(16-11-17-9-7-15-8-10-17)6-3-12-1-4-13(5-2-12)18(20)21/h1-6,15H,7-11H2,(H,16,19)/b6-3+. The van der Waals surface area contributed by atoms with Gasteiger partial charge < -0.3 is 10.6 Å². The molecule has 1 amide bonds. The summed E-state index contributed by atoms with van der Waals surface area (Å²) < 4.78 is 0. The molecule has 2 rings (SSSR count). The van der Waals surface area contributed by atoms with Crippen LogP contribution in [0.1, 0.15) is 5.56 Å². The van der Waals surface area contributed by atoms with Crippen LogP contribution in [0, 0.1) is 10.1 Å². The Morgan fingerprint density at radius 1 is 1.33 bits per heavy atom. The van der Waals surface area contributed by atoms with Crippen LogP contribution in [-0.2, 0) is 4.79 Å². The predicted octanol–water partition coefficient (Wildman–Crippen LogP) is 0.587. The molecule has 1 saturated heterocycles. The van der Waals surface area contributed by atoms with Gasteiger partial charge in [0, 0.05) is 44.4 Å². The molecule has 0 spiro atoms. The summed E-state index contributed by atoms with van der Waals surface area (Å²) in [5, 5.41) is 16.6. The minimum Gasteiger partial charge on any atom is -0.340 e. The van der Waals surface area contributed by atoms with Crippen molar-refractivity contribution >= 4 is 17.7 Å².